The maximum atomic E-state index is 13.6. The molecule has 5 heteroatoms. The van der Waals surface area contributed by atoms with Gasteiger partial charge < -0.3 is 4.74 Å². The highest BCUT2D eigenvalue weighted by Gasteiger charge is 2.35. The van der Waals surface area contributed by atoms with E-state index in [2.05, 4.69) is 26.0 Å². The molecule has 3 aromatic rings. The third-order valence-corrected chi connectivity index (χ3v) is 6.65. The molecule has 0 bridgehead atoms. The molecule has 0 radical (unpaired) electrons. The van der Waals surface area contributed by atoms with Crippen LogP contribution in [0.15, 0.2) is 94.8 Å². The first-order valence-corrected chi connectivity index (χ1v) is 12.3. The lowest BCUT2D eigenvalue weighted by molar-refractivity contribution is -0.113. The molecule has 34 heavy (non-hydrogen) atoms. The van der Waals surface area contributed by atoms with Crippen molar-refractivity contribution in [2.24, 2.45) is 4.99 Å². The number of benzene rings is 3. The first kappa shape index (κ1) is 23.6. The van der Waals surface area contributed by atoms with Gasteiger partial charge in [0.1, 0.15) is 5.75 Å². The van der Waals surface area contributed by atoms with Gasteiger partial charge in [-0.1, -0.05) is 74.5 Å². The van der Waals surface area contributed by atoms with E-state index in [4.69, 9.17) is 9.73 Å². The zero-order valence-corrected chi connectivity index (χ0v) is 20.5. The molecule has 1 aliphatic rings. The van der Waals surface area contributed by atoms with Crippen molar-refractivity contribution in [3.8, 4) is 5.75 Å². The van der Waals surface area contributed by atoms with Gasteiger partial charge in [-0.15, -0.1) is 0 Å². The standard InChI is InChI=1S/C29H28N2O2S/c1-4-22-12-6-8-14-25(22)30-29-31(26-15-9-7-13-23(26)5-2)28(32)27(34-29)16-10-11-21-17-19-24(33-3)20-18-21/h6-20H,4-5H2,1-3H3/b11-10+,27-16-,30-29?. The Morgan fingerprint density at radius 3 is 2.29 bits per heavy atom. The molecule has 172 valence electrons. The minimum absolute atomic E-state index is 0.0574. The molecule has 0 spiro atoms. The maximum absolute atomic E-state index is 13.6. The van der Waals surface area contributed by atoms with E-state index in [1.807, 2.05) is 78.9 Å². The van der Waals surface area contributed by atoms with Crippen LogP contribution in [0.2, 0.25) is 0 Å². The molecule has 0 aromatic heterocycles. The number of nitrogens with zero attached hydrogens (tertiary/aromatic N) is 2. The Morgan fingerprint density at radius 1 is 0.912 bits per heavy atom. The Bertz CT molecular complexity index is 1260. The number of rotatable bonds is 7. The van der Waals surface area contributed by atoms with Gasteiger partial charge in [-0.05, 0) is 71.6 Å². The monoisotopic (exact) mass is 468 g/mol. The summed E-state index contributed by atoms with van der Waals surface area (Å²) < 4.78 is 5.22. The lowest BCUT2D eigenvalue weighted by Crippen LogP contribution is -2.29. The van der Waals surface area contributed by atoms with Crippen molar-refractivity contribution in [1.82, 2.24) is 0 Å². The Kier molecular flexibility index (Phi) is 7.65. The van der Waals surface area contributed by atoms with Gasteiger partial charge in [0.05, 0.1) is 23.4 Å². The molecule has 0 aliphatic carbocycles. The first-order valence-electron chi connectivity index (χ1n) is 11.4. The molecule has 0 saturated carbocycles. The summed E-state index contributed by atoms with van der Waals surface area (Å²) >= 11 is 1.41. The van der Waals surface area contributed by atoms with Crippen LogP contribution < -0.4 is 9.64 Å². The number of carbonyl (C=O) groups is 1. The zero-order chi connectivity index (χ0) is 23.9. The lowest BCUT2D eigenvalue weighted by atomic mass is 10.1. The molecular formula is C29H28N2O2S. The molecule has 1 heterocycles. The molecule has 0 atom stereocenters. The minimum Gasteiger partial charge on any atom is -0.497 e. The van der Waals surface area contributed by atoms with E-state index in [-0.39, 0.29) is 5.91 Å². The minimum atomic E-state index is -0.0574. The molecule has 4 nitrogen and oxygen atoms in total. The molecule has 3 aromatic carbocycles. The number of aliphatic imine (C=N–C) groups is 1. The zero-order valence-electron chi connectivity index (χ0n) is 19.7. The summed E-state index contributed by atoms with van der Waals surface area (Å²) in [6.07, 6.45) is 7.47. The number of anilines is 1. The summed E-state index contributed by atoms with van der Waals surface area (Å²) in [6, 6.07) is 23.9. The number of aryl methyl sites for hydroxylation is 2. The van der Waals surface area contributed by atoms with E-state index in [9.17, 15) is 4.79 Å². The number of amides is 1. The Balaban J connectivity index is 1.71. The molecule has 4 rings (SSSR count). The van der Waals surface area contributed by atoms with Crippen molar-refractivity contribution in [2.75, 3.05) is 12.0 Å². The third kappa shape index (κ3) is 5.15. The second kappa shape index (κ2) is 11.0. The molecule has 1 aliphatic heterocycles. The number of thioether (sulfide) groups is 1. The largest absolute Gasteiger partial charge is 0.497 e. The fraction of sp³-hybridized carbons (Fsp3) is 0.172. The first-order chi connectivity index (χ1) is 16.6. The molecule has 1 fully saturated rings. The van der Waals surface area contributed by atoms with Crippen molar-refractivity contribution >= 4 is 40.3 Å². The fourth-order valence-corrected chi connectivity index (χ4v) is 4.73. The van der Waals surface area contributed by atoms with Crippen LogP contribution in [0.5, 0.6) is 5.75 Å². The normalized spacial score (nSPS) is 16.2. The highest BCUT2D eigenvalue weighted by Crippen LogP contribution is 2.38. The molecule has 1 amide bonds. The van der Waals surface area contributed by atoms with Crippen LogP contribution in [0.1, 0.15) is 30.5 Å². The summed E-state index contributed by atoms with van der Waals surface area (Å²) in [4.78, 5) is 20.9. The van der Waals surface area contributed by atoms with Gasteiger partial charge in [-0.3, -0.25) is 9.69 Å². The lowest BCUT2D eigenvalue weighted by Gasteiger charge is -2.19. The summed E-state index contributed by atoms with van der Waals surface area (Å²) in [7, 11) is 1.65. The molecule has 0 N–H and O–H groups in total. The number of ether oxygens (including phenoxy) is 1. The SMILES string of the molecule is CCc1ccccc1N=C1S/C(=C\C=C\c2ccc(OC)cc2)C(=O)N1c1ccccc1CC. The number of hydrogen-bond donors (Lipinski definition) is 0. The molecule has 0 unspecified atom stereocenters. The van der Waals surface area contributed by atoms with E-state index in [0.717, 1.165) is 46.7 Å². The van der Waals surface area contributed by atoms with E-state index >= 15 is 0 Å². The van der Waals surface area contributed by atoms with Gasteiger partial charge >= 0.3 is 0 Å². The van der Waals surface area contributed by atoms with E-state index in [1.165, 1.54) is 11.8 Å². The predicted octanol–water partition coefficient (Wildman–Crippen LogP) is 7.18. The average Bonchev–Trinajstić information content (AvgIpc) is 3.19. The van der Waals surface area contributed by atoms with Gasteiger partial charge in [0.15, 0.2) is 5.17 Å². The van der Waals surface area contributed by atoms with Gasteiger partial charge in [-0.2, -0.15) is 0 Å². The van der Waals surface area contributed by atoms with Crippen LogP contribution >= 0.6 is 11.8 Å². The smallest absolute Gasteiger partial charge is 0.271 e. The second-order valence-electron chi connectivity index (χ2n) is 7.76. The Hall–Kier alpha value is -3.57. The van der Waals surface area contributed by atoms with Crippen LogP contribution in [0.4, 0.5) is 11.4 Å². The van der Waals surface area contributed by atoms with Gasteiger partial charge in [0, 0.05) is 0 Å². The average molecular weight is 469 g/mol. The maximum Gasteiger partial charge on any atom is 0.271 e. The van der Waals surface area contributed by atoms with Crippen molar-refractivity contribution < 1.29 is 9.53 Å². The molecular weight excluding hydrogens is 440 g/mol. The Labute approximate surface area is 205 Å². The van der Waals surface area contributed by atoms with E-state index in [0.29, 0.717) is 10.1 Å². The van der Waals surface area contributed by atoms with E-state index < -0.39 is 0 Å². The topological polar surface area (TPSA) is 41.9 Å². The third-order valence-electron chi connectivity index (χ3n) is 5.66. The second-order valence-corrected chi connectivity index (χ2v) is 8.77. The van der Waals surface area contributed by atoms with Crippen molar-refractivity contribution in [3.05, 3.63) is 107 Å². The van der Waals surface area contributed by atoms with Crippen LogP contribution in [0.25, 0.3) is 6.08 Å². The van der Waals surface area contributed by atoms with Crippen LogP contribution in [-0.2, 0) is 17.6 Å². The Morgan fingerprint density at radius 2 is 1.59 bits per heavy atom. The number of para-hydroxylation sites is 2. The number of carbonyl (C=O) groups excluding carboxylic acids is 1. The van der Waals surface area contributed by atoms with Gasteiger partial charge in [0.2, 0.25) is 0 Å². The highest BCUT2D eigenvalue weighted by molar-refractivity contribution is 8.19. The summed E-state index contributed by atoms with van der Waals surface area (Å²) in [6.45, 7) is 4.22. The summed E-state index contributed by atoms with van der Waals surface area (Å²) in [5.74, 6) is 0.758. The van der Waals surface area contributed by atoms with Gasteiger partial charge in [-0.25, -0.2) is 4.99 Å². The van der Waals surface area contributed by atoms with Crippen molar-refractivity contribution in [1.29, 1.82) is 0 Å². The van der Waals surface area contributed by atoms with Crippen molar-refractivity contribution in [2.45, 2.75) is 26.7 Å². The number of allylic oxidation sites excluding steroid dienone is 2. The van der Waals surface area contributed by atoms with Crippen molar-refractivity contribution in [3.63, 3.8) is 0 Å². The number of hydrogen-bond acceptors (Lipinski definition) is 4. The number of methoxy groups -OCH3 is 1. The molecule has 1 saturated heterocycles. The van der Waals surface area contributed by atoms with Crippen LogP contribution in [-0.4, -0.2) is 18.2 Å². The quantitative estimate of drug-likeness (QED) is 0.345. The van der Waals surface area contributed by atoms with Crippen LogP contribution in [0, 0.1) is 0 Å². The fourth-order valence-electron chi connectivity index (χ4n) is 3.79. The number of amidine groups is 1. The summed E-state index contributed by atoms with van der Waals surface area (Å²) in [5.41, 5.74) is 5.09. The van der Waals surface area contributed by atoms with Gasteiger partial charge in [0.25, 0.3) is 5.91 Å². The predicted molar refractivity (Wildman–Crippen MR) is 144 cm³/mol. The van der Waals surface area contributed by atoms with Crippen LogP contribution in [0.3, 0.4) is 0 Å². The van der Waals surface area contributed by atoms with E-state index in [1.54, 1.807) is 12.0 Å². The summed E-state index contributed by atoms with van der Waals surface area (Å²) in [5, 5.41) is 0.677. The highest BCUT2D eigenvalue weighted by atomic mass is 32.2.